The van der Waals surface area contributed by atoms with Crippen LogP contribution in [0.4, 0.5) is 0 Å². The number of rotatable bonds is 1. The number of carbonyl (C=O) groups excluding carboxylic acids is 2. The van der Waals surface area contributed by atoms with E-state index in [1.165, 1.54) is 13.3 Å². The fourth-order valence-corrected chi connectivity index (χ4v) is 2.33. The first-order valence-electron chi connectivity index (χ1n) is 5.86. The molecule has 0 saturated heterocycles. The number of benzene rings is 1. The van der Waals surface area contributed by atoms with Gasteiger partial charge < -0.3 is 4.74 Å². The molecule has 3 rings (SSSR count). The molecule has 0 unspecified atom stereocenters. The van der Waals surface area contributed by atoms with Gasteiger partial charge in [0.25, 0.3) is 0 Å². The maximum Gasteiger partial charge on any atom is 0.198 e. The predicted octanol–water partition coefficient (Wildman–Crippen LogP) is 2.17. The molecular formula is C15H11NO3. The SMILES string of the molecule is COc1cccc2c1C(=O)c1cc(C)ncc1C2=O. The van der Waals surface area contributed by atoms with E-state index in [0.29, 0.717) is 33.7 Å². The Morgan fingerprint density at radius 1 is 1.05 bits per heavy atom. The van der Waals surface area contributed by atoms with Gasteiger partial charge in [0.15, 0.2) is 11.6 Å². The number of nitrogens with zero attached hydrogens (tertiary/aromatic N) is 1. The van der Waals surface area contributed by atoms with E-state index in [9.17, 15) is 9.59 Å². The van der Waals surface area contributed by atoms with E-state index in [0.717, 1.165) is 0 Å². The van der Waals surface area contributed by atoms with Crippen molar-refractivity contribution in [2.75, 3.05) is 7.11 Å². The number of carbonyl (C=O) groups is 2. The van der Waals surface area contributed by atoms with Gasteiger partial charge >= 0.3 is 0 Å². The monoisotopic (exact) mass is 253 g/mol. The van der Waals surface area contributed by atoms with Crippen molar-refractivity contribution in [1.29, 1.82) is 0 Å². The largest absolute Gasteiger partial charge is 0.496 e. The second kappa shape index (κ2) is 4.02. The lowest BCUT2D eigenvalue weighted by molar-refractivity contribution is 0.0976. The highest BCUT2D eigenvalue weighted by Crippen LogP contribution is 2.32. The van der Waals surface area contributed by atoms with Crippen molar-refractivity contribution in [3.63, 3.8) is 0 Å². The molecule has 2 aromatic rings. The molecule has 1 aromatic carbocycles. The van der Waals surface area contributed by atoms with E-state index in [4.69, 9.17) is 4.74 Å². The summed E-state index contributed by atoms with van der Waals surface area (Å²) in [6, 6.07) is 6.67. The van der Waals surface area contributed by atoms with Gasteiger partial charge in [-0.3, -0.25) is 14.6 Å². The Morgan fingerprint density at radius 2 is 1.84 bits per heavy atom. The Hall–Kier alpha value is -2.49. The molecule has 0 fully saturated rings. The highest BCUT2D eigenvalue weighted by atomic mass is 16.5. The zero-order chi connectivity index (χ0) is 13.6. The molecule has 1 heterocycles. The maximum atomic E-state index is 12.5. The summed E-state index contributed by atoms with van der Waals surface area (Å²) in [5.74, 6) is 0.0551. The van der Waals surface area contributed by atoms with Crippen LogP contribution in [0.5, 0.6) is 5.75 Å². The van der Waals surface area contributed by atoms with Gasteiger partial charge in [0.05, 0.1) is 18.2 Å². The van der Waals surface area contributed by atoms with Gasteiger partial charge in [0.2, 0.25) is 0 Å². The van der Waals surface area contributed by atoms with E-state index >= 15 is 0 Å². The van der Waals surface area contributed by atoms with Crippen LogP contribution < -0.4 is 4.74 Å². The van der Waals surface area contributed by atoms with Gasteiger partial charge in [0.1, 0.15) is 5.75 Å². The maximum absolute atomic E-state index is 12.5. The van der Waals surface area contributed by atoms with E-state index < -0.39 is 0 Å². The fourth-order valence-electron chi connectivity index (χ4n) is 2.33. The van der Waals surface area contributed by atoms with Crippen molar-refractivity contribution in [2.24, 2.45) is 0 Å². The summed E-state index contributed by atoms with van der Waals surface area (Å²) in [6.07, 6.45) is 1.47. The van der Waals surface area contributed by atoms with E-state index in [1.54, 1.807) is 31.2 Å². The number of ketones is 2. The number of hydrogen-bond donors (Lipinski definition) is 0. The lowest BCUT2D eigenvalue weighted by Crippen LogP contribution is -2.22. The van der Waals surface area contributed by atoms with Crippen LogP contribution in [0.3, 0.4) is 0 Å². The molecule has 4 nitrogen and oxygen atoms in total. The molecule has 1 aromatic heterocycles. The minimum atomic E-state index is -0.187. The van der Waals surface area contributed by atoms with Crippen molar-refractivity contribution in [3.8, 4) is 5.75 Å². The summed E-state index contributed by atoms with van der Waals surface area (Å²) < 4.78 is 5.19. The first kappa shape index (κ1) is 11.6. The van der Waals surface area contributed by atoms with Crippen molar-refractivity contribution < 1.29 is 14.3 Å². The van der Waals surface area contributed by atoms with Gasteiger partial charge in [-0.2, -0.15) is 0 Å². The molecule has 0 atom stereocenters. The first-order chi connectivity index (χ1) is 9.13. The standard InChI is InChI=1S/C15H11NO3/c1-8-6-10-11(7-16-8)14(17)9-4-3-5-12(19-2)13(9)15(10)18/h3-7H,1-2H3. The minimum absolute atomic E-state index is 0.184. The number of pyridine rings is 1. The smallest absolute Gasteiger partial charge is 0.198 e. The topological polar surface area (TPSA) is 56.3 Å². The Labute approximate surface area is 110 Å². The summed E-state index contributed by atoms with van der Waals surface area (Å²) in [6.45, 7) is 1.79. The quantitative estimate of drug-likeness (QED) is 0.667. The molecule has 19 heavy (non-hydrogen) atoms. The predicted molar refractivity (Wildman–Crippen MR) is 68.8 cm³/mol. The Bertz CT molecular complexity index is 719. The number of hydrogen-bond acceptors (Lipinski definition) is 4. The van der Waals surface area contributed by atoms with E-state index in [2.05, 4.69) is 4.98 Å². The highest BCUT2D eigenvalue weighted by Gasteiger charge is 2.32. The van der Waals surface area contributed by atoms with Gasteiger partial charge in [-0.25, -0.2) is 0 Å². The Balaban J connectivity index is 2.33. The van der Waals surface area contributed by atoms with Gasteiger partial charge in [-0.1, -0.05) is 12.1 Å². The molecule has 4 heteroatoms. The second-order valence-electron chi connectivity index (χ2n) is 4.41. The molecule has 0 radical (unpaired) electrons. The molecular weight excluding hydrogens is 242 g/mol. The lowest BCUT2D eigenvalue weighted by atomic mass is 9.84. The zero-order valence-corrected chi connectivity index (χ0v) is 10.6. The summed E-state index contributed by atoms with van der Waals surface area (Å²) in [5, 5.41) is 0. The van der Waals surface area contributed by atoms with Crippen LogP contribution in [0.1, 0.15) is 37.5 Å². The molecule has 0 N–H and O–H groups in total. The van der Waals surface area contributed by atoms with Gasteiger partial charge in [-0.15, -0.1) is 0 Å². The third-order valence-electron chi connectivity index (χ3n) is 3.25. The molecule has 0 aliphatic heterocycles. The molecule has 94 valence electrons. The van der Waals surface area contributed by atoms with Crippen LogP contribution in [0.25, 0.3) is 0 Å². The normalized spacial score (nSPS) is 12.9. The zero-order valence-electron chi connectivity index (χ0n) is 10.6. The van der Waals surface area contributed by atoms with E-state index in [-0.39, 0.29) is 11.6 Å². The first-order valence-corrected chi connectivity index (χ1v) is 5.86. The van der Waals surface area contributed by atoms with Crippen molar-refractivity contribution in [3.05, 3.63) is 58.4 Å². The van der Waals surface area contributed by atoms with Gasteiger partial charge in [-0.05, 0) is 19.1 Å². The van der Waals surface area contributed by atoms with E-state index in [1.807, 2.05) is 0 Å². The van der Waals surface area contributed by atoms with Crippen LogP contribution in [0.15, 0.2) is 30.5 Å². The summed E-state index contributed by atoms with van der Waals surface area (Å²) in [5.41, 5.74) is 2.18. The van der Waals surface area contributed by atoms with Crippen LogP contribution >= 0.6 is 0 Å². The summed E-state index contributed by atoms with van der Waals surface area (Å²) in [7, 11) is 1.49. The minimum Gasteiger partial charge on any atom is -0.496 e. The Morgan fingerprint density at radius 3 is 2.58 bits per heavy atom. The number of aromatic nitrogens is 1. The highest BCUT2D eigenvalue weighted by molar-refractivity contribution is 6.29. The number of aryl methyl sites for hydroxylation is 1. The number of methoxy groups -OCH3 is 1. The third-order valence-corrected chi connectivity index (χ3v) is 3.25. The Kier molecular flexibility index (Phi) is 2.45. The third kappa shape index (κ3) is 1.57. The molecule has 0 saturated carbocycles. The molecule has 0 amide bonds. The van der Waals surface area contributed by atoms with Crippen LogP contribution in [0.2, 0.25) is 0 Å². The molecule has 0 spiro atoms. The van der Waals surface area contributed by atoms with Crippen LogP contribution in [-0.4, -0.2) is 23.7 Å². The lowest BCUT2D eigenvalue weighted by Gasteiger charge is -2.19. The average Bonchev–Trinajstić information content (AvgIpc) is 2.43. The molecule has 1 aliphatic rings. The van der Waals surface area contributed by atoms with Crippen LogP contribution in [0, 0.1) is 6.92 Å². The number of ether oxygens (including phenoxy) is 1. The van der Waals surface area contributed by atoms with Crippen molar-refractivity contribution in [1.82, 2.24) is 4.98 Å². The van der Waals surface area contributed by atoms with Crippen molar-refractivity contribution >= 4 is 11.6 Å². The molecule has 1 aliphatic carbocycles. The van der Waals surface area contributed by atoms with Gasteiger partial charge in [0, 0.05) is 23.0 Å². The molecule has 0 bridgehead atoms. The van der Waals surface area contributed by atoms with Crippen LogP contribution in [-0.2, 0) is 0 Å². The van der Waals surface area contributed by atoms with Crippen molar-refractivity contribution in [2.45, 2.75) is 6.92 Å². The number of fused-ring (bicyclic) bond motifs is 2. The summed E-state index contributed by atoms with van der Waals surface area (Å²) in [4.78, 5) is 29.0. The average molecular weight is 253 g/mol. The second-order valence-corrected chi connectivity index (χ2v) is 4.41. The summed E-state index contributed by atoms with van der Waals surface area (Å²) >= 11 is 0. The fraction of sp³-hybridized carbons (Fsp3) is 0.133.